The number of nitrogens with zero attached hydrogens (tertiary/aromatic N) is 3. The fraction of sp³-hybridized carbons (Fsp3) is 0. The second-order valence-electron chi connectivity index (χ2n) is 14.0. The number of pyridine rings is 1. The van der Waals surface area contributed by atoms with E-state index in [1.54, 1.807) is 0 Å². The molecule has 3 heterocycles. The van der Waals surface area contributed by atoms with E-state index in [1.165, 1.54) is 53.6 Å². The number of anilines is 3. The zero-order chi connectivity index (χ0) is 36.3. The van der Waals surface area contributed by atoms with Crippen molar-refractivity contribution in [2.45, 2.75) is 9.79 Å². The van der Waals surface area contributed by atoms with Crippen LogP contribution in [0.5, 0.6) is 0 Å². The van der Waals surface area contributed by atoms with Crippen molar-refractivity contribution in [3.05, 3.63) is 200 Å². The molecule has 55 heavy (non-hydrogen) atoms. The van der Waals surface area contributed by atoms with Crippen molar-refractivity contribution in [3.63, 3.8) is 0 Å². The Morgan fingerprint density at radius 3 is 1.75 bits per heavy atom. The second kappa shape index (κ2) is 12.9. The van der Waals surface area contributed by atoms with E-state index in [0.717, 1.165) is 45.1 Å². The summed E-state index contributed by atoms with van der Waals surface area (Å²) in [4.78, 5) is 10.1. The Kier molecular flexibility index (Phi) is 7.42. The van der Waals surface area contributed by atoms with Gasteiger partial charge in [0.2, 0.25) is 0 Å². The van der Waals surface area contributed by atoms with Crippen LogP contribution in [0, 0.1) is 0 Å². The first-order valence-electron chi connectivity index (χ1n) is 18.6. The highest BCUT2D eigenvalue weighted by atomic mass is 32.2. The summed E-state index contributed by atoms with van der Waals surface area (Å²) in [6.07, 6.45) is 0. The maximum absolute atomic E-state index is 5.29. The molecule has 0 aliphatic carbocycles. The summed E-state index contributed by atoms with van der Waals surface area (Å²) < 4.78 is 2.49. The third-order valence-electron chi connectivity index (χ3n) is 10.7. The predicted octanol–water partition coefficient (Wildman–Crippen LogP) is 14.3. The average molecular weight is 720 g/mol. The summed E-state index contributed by atoms with van der Waals surface area (Å²) in [5.41, 5.74) is 13.5. The third-order valence-corrected chi connectivity index (χ3v) is 11.8. The Morgan fingerprint density at radius 2 is 1.04 bits per heavy atom. The minimum atomic E-state index is 0.955. The van der Waals surface area contributed by atoms with Crippen molar-refractivity contribution in [2.24, 2.45) is 0 Å². The zero-order valence-corrected chi connectivity index (χ0v) is 30.6. The van der Waals surface area contributed by atoms with Crippen LogP contribution in [0.15, 0.2) is 210 Å². The average Bonchev–Trinajstić information content (AvgIpc) is 3.60. The molecule has 0 bridgehead atoms. The summed E-state index contributed by atoms with van der Waals surface area (Å²) in [5.74, 6) is 0. The van der Waals surface area contributed by atoms with Gasteiger partial charge >= 0.3 is 0 Å². The Labute approximate surface area is 323 Å². The first kappa shape index (κ1) is 31.6. The van der Waals surface area contributed by atoms with E-state index in [-0.39, 0.29) is 0 Å². The van der Waals surface area contributed by atoms with Crippen LogP contribution < -0.4 is 4.90 Å². The molecule has 0 spiro atoms. The molecule has 3 nitrogen and oxygen atoms in total. The number of rotatable bonds is 6. The lowest BCUT2D eigenvalue weighted by molar-refractivity contribution is 1.09. The van der Waals surface area contributed by atoms with E-state index in [9.17, 15) is 0 Å². The third kappa shape index (κ3) is 5.33. The quantitative estimate of drug-likeness (QED) is 0.171. The largest absolute Gasteiger partial charge is 0.310 e. The van der Waals surface area contributed by atoms with Crippen molar-refractivity contribution in [1.29, 1.82) is 0 Å². The molecule has 0 amide bonds. The van der Waals surface area contributed by atoms with Crippen molar-refractivity contribution in [1.82, 2.24) is 9.55 Å². The number of fused-ring (bicyclic) bond motifs is 7. The van der Waals surface area contributed by atoms with Gasteiger partial charge in [-0.2, -0.15) is 0 Å². The minimum Gasteiger partial charge on any atom is -0.310 e. The van der Waals surface area contributed by atoms with Crippen molar-refractivity contribution in [3.8, 4) is 39.3 Å². The summed E-state index contributed by atoms with van der Waals surface area (Å²) in [6.45, 7) is 0. The second-order valence-corrected chi connectivity index (χ2v) is 15.1. The molecule has 0 saturated carbocycles. The summed E-state index contributed by atoms with van der Waals surface area (Å²) in [5, 5.41) is 5.03. The van der Waals surface area contributed by atoms with Gasteiger partial charge in [0, 0.05) is 48.8 Å². The van der Waals surface area contributed by atoms with Crippen LogP contribution >= 0.6 is 11.8 Å². The highest BCUT2D eigenvalue weighted by molar-refractivity contribution is 7.99. The molecule has 4 heteroatoms. The van der Waals surface area contributed by atoms with Gasteiger partial charge < -0.3 is 9.47 Å². The Balaban J connectivity index is 1.15. The van der Waals surface area contributed by atoms with Gasteiger partial charge in [0.15, 0.2) is 0 Å². The molecule has 0 radical (unpaired) electrons. The number of hydrogen-bond acceptors (Lipinski definition) is 3. The molecule has 258 valence electrons. The number of para-hydroxylation sites is 2. The van der Waals surface area contributed by atoms with Crippen LogP contribution in [0.3, 0.4) is 0 Å². The first-order chi connectivity index (χ1) is 27.3. The molecule has 0 atom stereocenters. The number of hydrogen-bond donors (Lipinski definition) is 0. The lowest BCUT2D eigenvalue weighted by Gasteiger charge is -2.27. The molecule has 0 N–H and O–H groups in total. The van der Waals surface area contributed by atoms with E-state index in [1.807, 2.05) is 11.8 Å². The molecule has 0 fully saturated rings. The van der Waals surface area contributed by atoms with Crippen LogP contribution in [-0.4, -0.2) is 9.55 Å². The minimum absolute atomic E-state index is 0.955. The highest BCUT2D eigenvalue weighted by Crippen LogP contribution is 2.51. The Bertz CT molecular complexity index is 2950. The Hall–Kier alpha value is -6.88. The summed E-state index contributed by atoms with van der Waals surface area (Å²) in [7, 11) is 0. The fourth-order valence-corrected chi connectivity index (χ4v) is 9.38. The fourth-order valence-electron chi connectivity index (χ4n) is 8.21. The van der Waals surface area contributed by atoms with Gasteiger partial charge in [-0.25, -0.2) is 4.98 Å². The molecule has 0 saturated heterocycles. The van der Waals surface area contributed by atoms with Crippen molar-refractivity contribution in [2.75, 3.05) is 4.90 Å². The lowest BCUT2D eigenvalue weighted by Crippen LogP contribution is -2.10. The van der Waals surface area contributed by atoms with Gasteiger partial charge in [-0.15, -0.1) is 0 Å². The van der Waals surface area contributed by atoms with Crippen molar-refractivity contribution < 1.29 is 0 Å². The topological polar surface area (TPSA) is 21.1 Å². The SMILES string of the molecule is c1ccc(-c2cc(-c3ccccc3)nc(-c3ccc4c(c3)Sc3cc(N(c5ccccc5)c5ccccc5)cc5c6c7ccccc7ccc6n-4c35)c2)cc1. The molecule has 8 aromatic carbocycles. The molecule has 11 rings (SSSR count). The predicted molar refractivity (Wildman–Crippen MR) is 231 cm³/mol. The molecule has 1 aliphatic rings. The van der Waals surface area contributed by atoms with E-state index in [0.29, 0.717) is 0 Å². The Morgan fingerprint density at radius 1 is 0.418 bits per heavy atom. The van der Waals surface area contributed by atoms with Gasteiger partial charge in [-0.3, -0.25) is 0 Å². The van der Waals surface area contributed by atoms with Gasteiger partial charge in [0.25, 0.3) is 0 Å². The molecule has 10 aromatic rings. The summed E-state index contributed by atoms with van der Waals surface area (Å²) in [6, 6.07) is 71.9. The molecule has 1 aliphatic heterocycles. The number of benzene rings is 8. The van der Waals surface area contributed by atoms with Gasteiger partial charge in [0.1, 0.15) is 0 Å². The van der Waals surface area contributed by atoms with Crippen LogP contribution in [-0.2, 0) is 0 Å². The molecular weight excluding hydrogens is 687 g/mol. The van der Waals surface area contributed by atoms with E-state index >= 15 is 0 Å². The van der Waals surface area contributed by atoms with Crippen LogP contribution in [0.4, 0.5) is 17.1 Å². The van der Waals surface area contributed by atoms with Crippen molar-refractivity contribution >= 4 is 61.4 Å². The smallest absolute Gasteiger partial charge is 0.0716 e. The van der Waals surface area contributed by atoms with E-state index in [4.69, 9.17) is 4.98 Å². The van der Waals surface area contributed by atoms with Gasteiger partial charge in [-0.05, 0) is 88.6 Å². The molecule has 0 unspecified atom stereocenters. The van der Waals surface area contributed by atoms with E-state index < -0.39 is 0 Å². The monoisotopic (exact) mass is 719 g/mol. The van der Waals surface area contributed by atoms with Gasteiger partial charge in [0.05, 0.1) is 28.1 Å². The van der Waals surface area contributed by atoms with Crippen LogP contribution in [0.2, 0.25) is 0 Å². The van der Waals surface area contributed by atoms with Gasteiger partial charge in [-0.1, -0.05) is 145 Å². The van der Waals surface area contributed by atoms with Crippen LogP contribution in [0.25, 0.3) is 71.9 Å². The maximum Gasteiger partial charge on any atom is 0.0716 e. The standard InChI is InChI=1S/C51H33N3S/c1-5-15-34(16-6-1)38-29-44(36-18-7-2-8-19-36)52-45(30-38)37-26-27-46-48(31-37)55-49-33-41(53(39-20-9-3-10-21-39)40-22-11-4-12-23-40)32-43-50-42-24-14-13-17-35(42)25-28-47(50)54(46)51(43)49/h1-33H. The zero-order valence-electron chi connectivity index (χ0n) is 29.8. The number of aromatic nitrogens is 2. The van der Waals surface area contributed by atoms with E-state index in [2.05, 4.69) is 210 Å². The molecule has 2 aromatic heterocycles. The van der Waals surface area contributed by atoms with Crippen LogP contribution in [0.1, 0.15) is 0 Å². The lowest BCUT2D eigenvalue weighted by atomic mass is 10.00. The first-order valence-corrected chi connectivity index (χ1v) is 19.4. The maximum atomic E-state index is 5.29. The normalized spacial score (nSPS) is 11.9. The molecular formula is C51H33N3S. The highest BCUT2D eigenvalue weighted by Gasteiger charge is 2.27. The summed E-state index contributed by atoms with van der Waals surface area (Å²) >= 11 is 1.85.